The van der Waals surface area contributed by atoms with Crippen LogP contribution in [0.15, 0.2) is 29.3 Å². The number of aliphatic imine (C=N–C) groups is 1. The monoisotopic (exact) mass is 448 g/mol. The molecule has 0 spiro atoms. The first-order chi connectivity index (χ1) is 11.2. The summed E-state index contributed by atoms with van der Waals surface area (Å²) >= 11 is 0. The zero-order chi connectivity index (χ0) is 16.5. The molecule has 0 amide bonds. The molecule has 1 saturated heterocycles. The van der Waals surface area contributed by atoms with Crippen molar-refractivity contribution in [3.05, 3.63) is 35.6 Å². The molecule has 0 bridgehead atoms. The number of piperidine rings is 1. The fourth-order valence-corrected chi connectivity index (χ4v) is 3.02. The van der Waals surface area contributed by atoms with Crippen molar-refractivity contribution in [2.45, 2.75) is 45.7 Å². The summed E-state index contributed by atoms with van der Waals surface area (Å²) < 4.78 is 12.9. The van der Waals surface area contributed by atoms with Crippen molar-refractivity contribution in [2.75, 3.05) is 26.2 Å². The van der Waals surface area contributed by atoms with E-state index in [1.165, 1.54) is 37.9 Å². The molecule has 1 heterocycles. The summed E-state index contributed by atoms with van der Waals surface area (Å²) in [5, 5.41) is 6.74. The quantitative estimate of drug-likeness (QED) is 0.398. The van der Waals surface area contributed by atoms with E-state index in [0.717, 1.165) is 31.2 Å². The third-order valence-electron chi connectivity index (χ3n) is 4.34. The lowest BCUT2D eigenvalue weighted by Crippen LogP contribution is -2.49. The molecule has 1 fully saturated rings. The number of hydrogen-bond acceptors (Lipinski definition) is 2. The Balaban J connectivity index is 0.00000288. The molecule has 1 aliphatic heterocycles. The molecular weight excluding hydrogens is 418 g/mol. The minimum atomic E-state index is -0.209. The number of guanidine groups is 1. The van der Waals surface area contributed by atoms with Crippen LogP contribution in [-0.4, -0.2) is 43.1 Å². The molecular formula is C18H30FIN4. The highest BCUT2D eigenvalue weighted by molar-refractivity contribution is 14.0. The first-order valence-electron chi connectivity index (χ1n) is 8.73. The largest absolute Gasteiger partial charge is 0.357 e. The highest BCUT2D eigenvalue weighted by atomic mass is 127. The van der Waals surface area contributed by atoms with Crippen molar-refractivity contribution >= 4 is 29.9 Å². The fourth-order valence-electron chi connectivity index (χ4n) is 3.02. The van der Waals surface area contributed by atoms with E-state index >= 15 is 0 Å². The maximum absolute atomic E-state index is 12.9. The summed E-state index contributed by atoms with van der Waals surface area (Å²) in [5.41, 5.74) is 1.01. The number of nitrogens with one attached hydrogen (secondary N) is 2. The Morgan fingerprint density at radius 2 is 1.96 bits per heavy atom. The standard InChI is InChI=1S/C18H29FN4.HI/c1-3-20-18(21-13-15-8-10-16(19)11-9-15)22-14-17-7-5-6-12-23(17)4-2;/h8-11,17H,3-7,12-14H2,1-2H3,(H2,20,21,22);1H. The zero-order valence-electron chi connectivity index (χ0n) is 14.7. The Kier molecular flexibility index (Phi) is 10.2. The van der Waals surface area contributed by atoms with Gasteiger partial charge in [-0.3, -0.25) is 4.90 Å². The number of benzene rings is 1. The van der Waals surface area contributed by atoms with Gasteiger partial charge in [0.1, 0.15) is 5.82 Å². The first-order valence-corrected chi connectivity index (χ1v) is 8.73. The highest BCUT2D eigenvalue weighted by Gasteiger charge is 2.20. The van der Waals surface area contributed by atoms with E-state index in [0.29, 0.717) is 12.6 Å². The number of likely N-dealkylation sites (tertiary alicyclic amines) is 1. The maximum Gasteiger partial charge on any atom is 0.191 e. The van der Waals surface area contributed by atoms with Crippen molar-refractivity contribution in [1.82, 2.24) is 15.5 Å². The molecule has 6 heteroatoms. The second-order valence-corrected chi connectivity index (χ2v) is 5.98. The summed E-state index contributed by atoms with van der Waals surface area (Å²) in [7, 11) is 0. The summed E-state index contributed by atoms with van der Waals surface area (Å²) in [6.07, 6.45) is 3.87. The lowest BCUT2D eigenvalue weighted by atomic mass is 10.0. The van der Waals surface area contributed by atoms with Crippen LogP contribution in [0.2, 0.25) is 0 Å². The van der Waals surface area contributed by atoms with Gasteiger partial charge in [-0.1, -0.05) is 25.5 Å². The van der Waals surface area contributed by atoms with Gasteiger partial charge in [-0.05, 0) is 50.6 Å². The normalized spacial score (nSPS) is 18.8. The third kappa shape index (κ3) is 6.93. The fraction of sp³-hybridized carbons (Fsp3) is 0.611. The van der Waals surface area contributed by atoms with Crippen LogP contribution in [0, 0.1) is 5.82 Å². The predicted molar refractivity (Wildman–Crippen MR) is 110 cm³/mol. The maximum atomic E-state index is 12.9. The van der Waals surface area contributed by atoms with E-state index in [9.17, 15) is 4.39 Å². The molecule has 1 aromatic carbocycles. The van der Waals surface area contributed by atoms with Gasteiger partial charge in [0.15, 0.2) is 5.96 Å². The highest BCUT2D eigenvalue weighted by Crippen LogP contribution is 2.15. The van der Waals surface area contributed by atoms with Crippen LogP contribution in [0.25, 0.3) is 0 Å². The van der Waals surface area contributed by atoms with Crippen LogP contribution >= 0.6 is 24.0 Å². The van der Waals surface area contributed by atoms with E-state index in [-0.39, 0.29) is 29.8 Å². The molecule has 0 aromatic heterocycles. The van der Waals surface area contributed by atoms with Gasteiger partial charge in [0.05, 0.1) is 6.54 Å². The summed E-state index contributed by atoms with van der Waals surface area (Å²) in [6.45, 7) is 8.90. The lowest BCUT2D eigenvalue weighted by molar-refractivity contribution is 0.157. The van der Waals surface area contributed by atoms with E-state index in [2.05, 4.69) is 34.4 Å². The van der Waals surface area contributed by atoms with Crippen LogP contribution in [0.4, 0.5) is 4.39 Å². The van der Waals surface area contributed by atoms with Crippen molar-refractivity contribution in [2.24, 2.45) is 4.99 Å². The Morgan fingerprint density at radius 3 is 2.62 bits per heavy atom. The van der Waals surface area contributed by atoms with Gasteiger partial charge in [-0.25, -0.2) is 9.38 Å². The van der Waals surface area contributed by atoms with Crippen LogP contribution in [-0.2, 0) is 6.54 Å². The van der Waals surface area contributed by atoms with E-state index < -0.39 is 0 Å². The predicted octanol–water partition coefficient (Wildman–Crippen LogP) is 3.37. The second-order valence-electron chi connectivity index (χ2n) is 5.98. The SMILES string of the molecule is CCNC(=NCc1ccc(F)cc1)NCC1CCCCN1CC.I. The van der Waals surface area contributed by atoms with Crippen molar-refractivity contribution < 1.29 is 4.39 Å². The third-order valence-corrected chi connectivity index (χ3v) is 4.34. The van der Waals surface area contributed by atoms with E-state index in [4.69, 9.17) is 0 Å². The smallest absolute Gasteiger partial charge is 0.191 e. The molecule has 136 valence electrons. The molecule has 0 saturated carbocycles. The van der Waals surface area contributed by atoms with Crippen molar-refractivity contribution in [1.29, 1.82) is 0 Å². The number of nitrogens with zero attached hydrogens (tertiary/aromatic N) is 2. The topological polar surface area (TPSA) is 39.7 Å². The Bertz CT molecular complexity index is 492. The first kappa shape index (κ1) is 21.2. The van der Waals surface area contributed by atoms with Gasteiger partial charge in [0.2, 0.25) is 0 Å². The van der Waals surface area contributed by atoms with Crippen LogP contribution < -0.4 is 10.6 Å². The number of rotatable bonds is 6. The average Bonchev–Trinajstić information content (AvgIpc) is 2.59. The van der Waals surface area contributed by atoms with Gasteiger partial charge in [-0.15, -0.1) is 24.0 Å². The molecule has 1 aromatic rings. The minimum Gasteiger partial charge on any atom is -0.357 e. The summed E-state index contributed by atoms with van der Waals surface area (Å²) in [6, 6.07) is 7.10. The van der Waals surface area contributed by atoms with Crippen molar-refractivity contribution in [3.8, 4) is 0 Å². The molecule has 1 atom stereocenters. The zero-order valence-corrected chi connectivity index (χ0v) is 17.1. The van der Waals surface area contributed by atoms with Gasteiger partial charge < -0.3 is 10.6 Å². The molecule has 1 aliphatic rings. The van der Waals surface area contributed by atoms with Crippen molar-refractivity contribution in [3.63, 3.8) is 0 Å². The summed E-state index contributed by atoms with van der Waals surface area (Å²) in [4.78, 5) is 7.14. The second kappa shape index (κ2) is 11.6. The van der Waals surface area contributed by atoms with Gasteiger partial charge in [-0.2, -0.15) is 0 Å². The molecule has 24 heavy (non-hydrogen) atoms. The Labute approximate surface area is 162 Å². The Hall–Kier alpha value is -0.890. The van der Waals surface area contributed by atoms with E-state index in [1.807, 2.05) is 0 Å². The van der Waals surface area contributed by atoms with Gasteiger partial charge in [0.25, 0.3) is 0 Å². The van der Waals surface area contributed by atoms with Crippen LogP contribution in [0.3, 0.4) is 0 Å². The Morgan fingerprint density at radius 1 is 1.21 bits per heavy atom. The molecule has 0 radical (unpaired) electrons. The molecule has 2 rings (SSSR count). The molecule has 1 unspecified atom stereocenters. The molecule has 2 N–H and O–H groups in total. The van der Waals surface area contributed by atoms with Gasteiger partial charge >= 0.3 is 0 Å². The number of likely N-dealkylation sites (N-methyl/N-ethyl adjacent to an activating group) is 1. The number of halogens is 2. The van der Waals surface area contributed by atoms with Gasteiger partial charge in [0, 0.05) is 19.1 Å². The van der Waals surface area contributed by atoms with Crippen LogP contribution in [0.5, 0.6) is 0 Å². The molecule has 4 nitrogen and oxygen atoms in total. The summed E-state index contributed by atoms with van der Waals surface area (Å²) in [5.74, 6) is 0.623. The number of hydrogen-bond donors (Lipinski definition) is 2. The average molecular weight is 448 g/mol. The van der Waals surface area contributed by atoms with Crippen LogP contribution in [0.1, 0.15) is 38.7 Å². The van der Waals surface area contributed by atoms with E-state index in [1.54, 1.807) is 12.1 Å². The minimum absolute atomic E-state index is 0. The lowest BCUT2D eigenvalue weighted by Gasteiger charge is -2.35. The molecule has 0 aliphatic carbocycles.